The number of carbonyl (C=O) groups is 3. The molecular formula is C11H6BrNO3S. The molecule has 1 heterocycles. The molecule has 1 saturated heterocycles. The van der Waals surface area contributed by atoms with Gasteiger partial charge in [-0.3, -0.25) is 19.7 Å². The van der Waals surface area contributed by atoms with Crippen LogP contribution in [-0.4, -0.2) is 16.9 Å². The Kier molecular flexibility index (Phi) is 3.44. The molecule has 4 nitrogen and oxygen atoms in total. The molecule has 0 unspecified atom stereocenters. The van der Waals surface area contributed by atoms with E-state index in [4.69, 9.17) is 0 Å². The molecule has 0 bridgehead atoms. The molecule has 0 radical (unpaired) electrons. The summed E-state index contributed by atoms with van der Waals surface area (Å²) >= 11 is 3.99. The summed E-state index contributed by atoms with van der Waals surface area (Å²) in [5.41, 5.74) is 0.466. The van der Waals surface area contributed by atoms with Crippen molar-refractivity contribution in [2.24, 2.45) is 0 Å². The number of carbonyl (C=O) groups excluding carboxylic acids is 3. The van der Waals surface area contributed by atoms with Crippen molar-refractivity contribution < 1.29 is 14.4 Å². The number of allylic oxidation sites excluding steroid dienone is 1. The van der Waals surface area contributed by atoms with Crippen molar-refractivity contribution in [1.29, 1.82) is 0 Å². The number of rotatable bonds is 2. The second kappa shape index (κ2) is 4.85. The van der Waals surface area contributed by atoms with Crippen LogP contribution in [-0.2, 0) is 4.79 Å². The summed E-state index contributed by atoms with van der Waals surface area (Å²) in [6, 6.07) is 6.75. The molecule has 0 aromatic heterocycles. The number of ketones is 1. The number of hydrogen-bond donors (Lipinski definition) is 1. The molecule has 2 amide bonds. The summed E-state index contributed by atoms with van der Waals surface area (Å²) in [7, 11) is 0. The standard InChI is InChI=1S/C11H6BrNO3S/c12-7-3-1-6(2-4-7)8(14)5-9-10(15)13-11(16)17-9/h1-5H,(H,13,15,16)/b9-5+. The van der Waals surface area contributed by atoms with Crippen molar-refractivity contribution in [2.45, 2.75) is 0 Å². The largest absolute Gasteiger partial charge is 0.290 e. The predicted molar refractivity (Wildman–Crippen MR) is 67.7 cm³/mol. The van der Waals surface area contributed by atoms with Crippen LogP contribution in [0.2, 0.25) is 0 Å². The van der Waals surface area contributed by atoms with E-state index in [1.807, 2.05) is 0 Å². The van der Waals surface area contributed by atoms with Gasteiger partial charge in [-0.1, -0.05) is 15.9 Å². The van der Waals surface area contributed by atoms with Crippen LogP contribution in [0.25, 0.3) is 0 Å². The summed E-state index contributed by atoms with van der Waals surface area (Å²) in [5, 5.41) is 1.64. The lowest BCUT2D eigenvalue weighted by Gasteiger charge is -1.96. The van der Waals surface area contributed by atoms with Crippen LogP contribution in [0.4, 0.5) is 4.79 Å². The Balaban J connectivity index is 2.22. The van der Waals surface area contributed by atoms with Gasteiger partial charge in [0.25, 0.3) is 11.1 Å². The normalized spacial score (nSPS) is 17.4. The smallest absolute Gasteiger partial charge is 0.289 e. The fraction of sp³-hybridized carbons (Fsp3) is 0. The Hall–Kier alpha value is -1.40. The van der Waals surface area contributed by atoms with E-state index in [1.165, 1.54) is 6.08 Å². The first-order valence-electron chi connectivity index (χ1n) is 4.61. The number of nitrogens with one attached hydrogen (secondary N) is 1. The van der Waals surface area contributed by atoms with E-state index in [0.717, 1.165) is 16.2 Å². The molecule has 1 aliphatic heterocycles. The SMILES string of the molecule is O=C1NC(=O)/C(=C\C(=O)c2ccc(Br)cc2)S1. The van der Waals surface area contributed by atoms with Gasteiger partial charge in [0.2, 0.25) is 0 Å². The molecule has 1 aliphatic rings. The van der Waals surface area contributed by atoms with Gasteiger partial charge < -0.3 is 0 Å². The van der Waals surface area contributed by atoms with Gasteiger partial charge in [-0.15, -0.1) is 0 Å². The summed E-state index contributed by atoms with van der Waals surface area (Å²) in [6.07, 6.45) is 1.17. The van der Waals surface area contributed by atoms with Gasteiger partial charge in [0, 0.05) is 16.1 Å². The molecule has 1 aromatic rings. The highest BCUT2D eigenvalue weighted by atomic mass is 79.9. The lowest BCUT2D eigenvalue weighted by atomic mass is 10.1. The maximum absolute atomic E-state index is 11.8. The molecular weight excluding hydrogens is 306 g/mol. The van der Waals surface area contributed by atoms with Gasteiger partial charge in [0.1, 0.15) is 0 Å². The predicted octanol–water partition coefficient (Wildman–Crippen LogP) is 2.50. The average Bonchev–Trinajstić information content (AvgIpc) is 2.58. The minimum Gasteiger partial charge on any atom is -0.289 e. The van der Waals surface area contributed by atoms with Crippen LogP contribution < -0.4 is 5.32 Å². The Morgan fingerprint density at radius 3 is 2.41 bits per heavy atom. The van der Waals surface area contributed by atoms with Gasteiger partial charge in [-0.2, -0.15) is 0 Å². The summed E-state index contributed by atoms with van der Waals surface area (Å²) < 4.78 is 0.866. The fourth-order valence-electron chi connectivity index (χ4n) is 1.24. The molecule has 1 fully saturated rings. The lowest BCUT2D eigenvalue weighted by molar-refractivity contribution is -0.115. The third kappa shape index (κ3) is 2.83. The van der Waals surface area contributed by atoms with Crippen LogP contribution in [0.1, 0.15) is 10.4 Å². The van der Waals surface area contributed by atoms with Crippen molar-refractivity contribution in [3.05, 3.63) is 45.3 Å². The minimum atomic E-state index is -0.523. The van der Waals surface area contributed by atoms with Gasteiger partial charge in [-0.05, 0) is 36.0 Å². The quantitative estimate of drug-likeness (QED) is 0.673. The van der Waals surface area contributed by atoms with Gasteiger partial charge in [0.15, 0.2) is 5.78 Å². The number of thioether (sulfide) groups is 1. The molecule has 0 spiro atoms. The highest BCUT2D eigenvalue weighted by Gasteiger charge is 2.25. The summed E-state index contributed by atoms with van der Waals surface area (Å²) in [4.78, 5) is 34.0. The number of halogens is 1. The maximum Gasteiger partial charge on any atom is 0.290 e. The van der Waals surface area contributed by atoms with Crippen molar-refractivity contribution in [3.8, 4) is 0 Å². The molecule has 17 heavy (non-hydrogen) atoms. The zero-order valence-corrected chi connectivity index (χ0v) is 10.8. The molecule has 1 aromatic carbocycles. The van der Waals surface area contributed by atoms with Gasteiger partial charge in [-0.25, -0.2) is 0 Å². The van der Waals surface area contributed by atoms with Gasteiger partial charge >= 0.3 is 0 Å². The molecule has 6 heteroatoms. The Labute approximate surface area is 110 Å². The first kappa shape index (κ1) is 12.1. The van der Waals surface area contributed by atoms with E-state index < -0.39 is 11.1 Å². The Morgan fingerprint density at radius 1 is 1.24 bits per heavy atom. The number of amides is 2. The Morgan fingerprint density at radius 2 is 1.88 bits per heavy atom. The monoisotopic (exact) mass is 311 g/mol. The second-order valence-electron chi connectivity index (χ2n) is 3.22. The number of hydrogen-bond acceptors (Lipinski definition) is 4. The first-order valence-corrected chi connectivity index (χ1v) is 6.22. The van der Waals surface area contributed by atoms with Crippen molar-refractivity contribution >= 4 is 44.6 Å². The highest BCUT2D eigenvalue weighted by molar-refractivity contribution is 9.10. The molecule has 0 aliphatic carbocycles. The summed E-state index contributed by atoms with van der Waals surface area (Å²) in [5.74, 6) is -0.824. The molecule has 86 valence electrons. The Bertz CT molecular complexity index is 536. The third-order valence-electron chi connectivity index (χ3n) is 2.03. The van der Waals surface area contributed by atoms with E-state index in [2.05, 4.69) is 21.2 Å². The average molecular weight is 312 g/mol. The van der Waals surface area contributed by atoms with Crippen molar-refractivity contribution in [3.63, 3.8) is 0 Å². The zero-order valence-electron chi connectivity index (χ0n) is 8.40. The molecule has 1 N–H and O–H groups in total. The minimum absolute atomic E-state index is 0.128. The molecule has 2 rings (SSSR count). The zero-order chi connectivity index (χ0) is 12.4. The second-order valence-corrected chi connectivity index (χ2v) is 5.15. The van der Waals surface area contributed by atoms with E-state index >= 15 is 0 Å². The van der Waals surface area contributed by atoms with E-state index in [-0.39, 0.29) is 10.7 Å². The lowest BCUT2D eigenvalue weighted by Crippen LogP contribution is -2.18. The third-order valence-corrected chi connectivity index (χ3v) is 3.37. The molecule has 0 atom stereocenters. The topological polar surface area (TPSA) is 63.2 Å². The summed E-state index contributed by atoms with van der Waals surface area (Å²) in [6.45, 7) is 0. The number of benzene rings is 1. The van der Waals surface area contributed by atoms with Crippen LogP contribution in [0.5, 0.6) is 0 Å². The van der Waals surface area contributed by atoms with Crippen LogP contribution >= 0.6 is 27.7 Å². The van der Waals surface area contributed by atoms with E-state index in [9.17, 15) is 14.4 Å². The fourth-order valence-corrected chi connectivity index (χ4v) is 2.16. The van der Waals surface area contributed by atoms with Crippen LogP contribution in [0.15, 0.2) is 39.7 Å². The van der Waals surface area contributed by atoms with E-state index in [1.54, 1.807) is 24.3 Å². The van der Waals surface area contributed by atoms with Crippen molar-refractivity contribution in [2.75, 3.05) is 0 Å². The highest BCUT2D eigenvalue weighted by Crippen LogP contribution is 2.23. The first-order chi connectivity index (χ1) is 8.06. The van der Waals surface area contributed by atoms with E-state index in [0.29, 0.717) is 5.56 Å². The van der Waals surface area contributed by atoms with Crippen LogP contribution in [0, 0.1) is 0 Å². The van der Waals surface area contributed by atoms with Crippen molar-refractivity contribution in [1.82, 2.24) is 5.32 Å². The van der Waals surface area contributed by atoms with Gasteiger partial charge in [0.05, 0.1) is 4.91 Å². The molecule has 0 saturated carbocycles. The van der Waals surface area contributed by atoms with Crippen LogP contribution in [0.3, 0.4) is 0 Å². The number of imide groups is 1. The maximum atomic E-state index is 11.8.